The average Bonchev–Trinajstić information content (AvgIpc) is 3.26. The van der Waals surface area contributed by atoms with Crippen molar-refractivity contribution in [3.8, 4) is 5.75 Å². The SMILES string of the molecule is CCCn1c(=NC(=O)c2ccc3ncsc3c2)sc2cc(OCC)ccc21. The third kappa shape index (κ3) is 3.52. The van der Waals surface area contributed by atoms with Crippen LogP contribution in [0, 0.1) is 0 Å². The normalized spacial score (nSPS) is 12.1. The van der Waals surface area contributed by atoms with Crippen LogP contribution < -0.4 is 9.54 Å². The molecule has 2 heterocycles. The number of benzene rings is 2. The van der Waals surface area contributed by atoms with Crippen molar-refractivity contribution in [2.45, 2.75) is 26.8 Å². The van der Waals surface area contributed by atoms with Crippen LogP contribution in [0.5, 0.6) is 5.75 Å². The van der Waals surface area contributed by atoms with Crippen LogP contribution in [0.15, 0.2) is 46.9 Å². The number of nitrogens with zero attached hydrogens (tertiary/aromatic N) is 3. The number of ether oxygens (including phenoxy) is 1. The minimum atomic E-state index is -0.230. The fraction of sp³-hybridized carbons (Fsp3) is 0.250. The molecule has 0 saturated carbocycles. The molecular weight excluding hydrogens is 378 g/mol. The molecule has 0 saturated heterocycles. The highest BCUT2D eigenvalue weighted by Gasteiger charge is 2.11. The maximum Gasteiger partial charge on any atom is 0.279 e. The molecular formula is C20H19N3O2S2. The second-order valence-corrected chi connectivity index (χ2v) is 7.95. The van der Waals surface area contributed by atoms with Crippen LogP contribution in [-0.2, 0) is 6.54 Å². The Labute approximate surface area is 164 Å². The van der Waals surface area contributed by atoms with E-state index in [1.807, 2.05) is 37.3 Å². The molecule has 4 rings (SSSR count). The lowest BCUT2D eigenvalue weighted by Gasteiger charge is -2.05. The number of aryl methyl sites for hydroxylation is 1. The minimum absolute atomic E-state index is 0.230. The van der Waals surface area contributed by atoms with E-state index in [-0.39, 0.29) is 5.91 Å². The van der Waals surface area contributed by atoms with Gasteiger partial charge in [0.2, 0.25) is 0 Å². The topological polar surface area (TPSA) is 56.5 Å². The Morgan fingerprint density at radius 2 is 2.07 bits per heavy atom. The van der Waals surface area contributed by atoms with Gasteiger partial charge in [0.1, 0.15) is 5.75 Å². The van der Waals surface area contributed by atoms with Crippen LogP contribution in [0.2, 0.25) is 0 Å². The highest BCUT2D eigenvalue weighted by molar-refractivity contribution is 7.17. The second-order valence-electron chi connectivity index (χ2n) is 6.05. The first-order valence-corrected chi connectivity index (χ1v) is 10.6. The van der Waals surface area contributed by atoms with Gasteiger partial charge in [-0.15, -0.1) is 11.3 Å². The van der Waals surface area contributed by atoms with Gasteiger partial charge in [-0.2, -0.15) is 4.99 Å². The smallest absolute Gasteiger partial charge is 0.279 e. The van der Waals surface area contributed by atoms with E-state index in [1.165, 1.54) is 22.7 Å². The summed E-state index contributed by atoms with van der Waals surface area (Å²) in [5, 5.41) is 0. The Balaban J connectivity index is 1.80. The fourth-order valence-corrected chi connectivity index (χ4v) is 4.77. The number of thiazole rings is 2. The zero-order valence-corrected chi connectivity index (χ0v) is 16.8. The van der Waals surface area contributed by atoms with E-state index < -0.39 is 0 Å². The maximum atomic E-state index is 12.8. The Morgan fingerprint density at radius 1 is 1.19 bits per heavy atom. The van der Waals surface area contributed by atoms with E-state index >= 15 is 0 Å². The summed E-state index contributed by atoms with van der Waals surface area (Å²) in [6, 6.07) is 11.5. The summed E-state index contributed by atoms with van der Waals surface area (Å²) in [5.41, 5.74) is 4.35. The van der Waals surface area contributed by atoms with E-state index in [1.54, 1.807) is 11.6 Å². The molecule has 0 fully saturated rings. The molecule has 27 heavy (non-hydrogen) atoms. The van der Waals surface area contributed by atoms with Crippen molar-refractivity contribution in [2.75, 3.05) is 6.61 Å². The van der Waals surface area contributed by atoms with Crippen molar-refractivity contribution in [3.63, 3.8) is 0 Å². The summed E-state index contributed by atoms with van der Waals surface area (Å²) in [4.78, 5) is 22.2. The first-order chi connectivity index (χ1) is 13.2. The number of hydrogen-bond donors (Lipinski definition) is 0. The molecule has 0 spiro atoms. The van der Waals surface area contributed by atoms with Gasteiger partial charge in [-0.25, -0.2) is 4.98 Å². The first-order valence-electron chi connectivity index (χ1n) is 8.88. The number of hydrogen-bond acceptors (Lipinski definition) is 5. The third-order valence-electron chi connectivity index (χ3n) is 4.19. The van der Waals surface area contributed by atoms with Crippen LogP contribution >= 0.6 is 22.7 Å². The Hall–Kier alpha value is -2.51. The molecule has 4 aromatic rings. The molecule has 5 nitrogen and oxygen atoms in total. The number of amides is 1. The Morgan fingerprint density at radius 3 is 2.89 bits per heavy atom. The first kappa shape index (κ1) is 17.9. The Kier molecular flexibility index (Phi) is 5.05. The van der Waals surface area contributed by atoms with Gasteiger partial charge in [0.05, 0.1) is 32.6 Å². The molecule has 138 valence electrons. The van der Waals surface area contributed by atoms with Gasteiger partial charge in [-0.1, -0.05) is 18.3 Å². The molecule has 0 aliphatic heterocycles. The third-order valence-corrected chi connectivity index (χ3v) is 6.02. The van der Waals surface area contributed by atoms with Crippen LogP contribution in [0.25, 0.3) is 20.4 Å². The quantitative estimate of drug-likeness (QED) is 0.483. The summed E-state index contributed by atoms with van der Waals surface area (Å²) in [6.07, 6.45) is 0.966. The minimum Gasteiger partial charge on any atom is -0.494 e. The highest BCUT2D eigenvalue weighted by atomic mass is 32.1. The molecule has 0 N–H and O–H groups in total. The summed E-state index contributed by atoms with van der Waals surface area (Å²) in [5.74, 6) is 0.607. The molecule has 2 aromatic heterocycles. The van der Waals surface area contributed by atoms with Crippen LogP contribution in [0.3, 0.4) is 0 Å². The Bertz CT molecular complexity index is 1190. The summed E-state index contributed by atoms with van der Waals surface area (Å²) >= 11 is 3.04. The zero-order chi connectivity index (χ0) is 18.8. The lowest BCUT2D eigenvalue weighted by atomic mass is 10.2. The van der Waals surface area contributed by atoms with E-state index in [2.05, 4.69) is 21.5 Å². The molecule has 0 atom stereocenters. The molecule has 0 radical (unpaired) electrons. The lowest BCUT2D eigenvalue weighted by Crippen LogP contribution is -2.16. The predicted octanol–water partition coefficient (Wildman–Crippen LogP) is 4.86. The zero-order valence-electron chi connectivity index (χ0n) is 15.1. The number of fused-ring (bicyclic) bond motifs is 2. The lowest BCUT2D eigenvalue weighted by molar-refractivity contribution is 0.0998. The van der Waals surface area contributed by atoms with E-state index in [0.29, 0.717) is 12.2 Å². The standard InChI is InChI=1S/C20H19N3O2S2/c1-3-9-23-16-8-6-14(25-4-2)11-18(16)27-20(23)22-19(24)13-5-7-15-17(10-13)26-12-21-15/h5-8,10-12H,3-4,9H2,1-2H3. The van der Waals surface area contributed by atoms with Gasteiger partial charge in [0.15, 0.2) is 4.80 Å². The molecule has 1 amide bonds. The number of aromatic nitrogens is 2. The molecule has 2 aromatic carbocycles. The predicted molar refractivity (Wildman–Crippen MR) is 111 cm³/mol. The van der Waals surface area contributed by atoms with Crippen molar-refractivity contribution < 1.29 is 9.53 Å². The van der Waals surface area contributed by atoms with Crippen LogP contribution in [0.4, 0.5) is 0 Å². The second kappa shape index (κ2) is 7.62. The van der Waals surface area contributed by atoms with E-state index in [4.69, 9.17) is 4.74 Å². The molecule has 7 heteroatoms. The molecule has 0 bridgehead atoms. The van der Waals surface area contributed by atoms with Gasteiger partial charge in [-0.05, 0) is 49.7 Å². The monoisotopic (exact) mass is 397 g/mol. The van der Waals surface area contributed by atoms with Gasteiger partial charge in [0, 0.05) is 12.1 Å². The van der Waals surface area contributed by atoms with Gasteiger partial charge >= 0.3 is 0 Å². The van der Waals surface area contributed by atoms with E-state index in [0.717, 1.165) is 43.9 Å². The van der Waals surface area contributed by atoms with Crippen molar-refractivity contribution in [3.05, 3.63) is 52.3 Å². The van der Waals surface area contributed by atoms with Crippen molar-refractivity contribution in [1.82, 2.24) is 9.55 Å². The molecule has 0 aliphatic rings. The van der Waals surface area contributed by atoms with Crippen molar-refractivity contribution in [2.24, 2.45) is 4.99 Å². The fourth-order valence-electron chi connectivity index (χ4n) is 2.97. The number of carbonyl (C=O) groups is 1. The number of carbonyl (C=O) groups excluding carboxylic acids is 1. The largest absolute Gasteiger partial charge is 0.494 e. The van der Waals surface area contributed by atoms with Gasteiger partial charge < -0.3 is 9.30 Å². The highest BCUT2D eigenvalue weighted by Crippen LogP contribution is 2.24. The van der Waals surface area contributed by atoms with Crippen molar-refractivity contribution >= 4 is 49.0 Å². The van der Waals surface area contributed by atoms with Crippen LogP contribution in [-0.4, -0.2) is 22.1 Å². The summed E-state index contributed by atoms with van der Waals surface area (Å²) in [7, 11) is 0. The van der Waals surface area contributed by atoms with Crippen molar-refractivity contribution in [1.29, 1.82) is 0 Å². The summed E-state index contributed by atoms with van der Waals surface area (Å²) < 4.78 is 9.78. The molecule has 0 aliphatic carbocycles. The van der Waals surface area contributed by atoms with Crippen LogP contribution in [0.1, 0.15) is 30.6 Å². The molecule has 0 unspecified atom stereocenters. The van der Waals surface area contributed by atoms with Gasteiger partial charge in [-0.3, -0.25) is 4.79 Å². The maximum absolute atomic E-state index is 12.8. The van der Waals surface area contributed by atoms with E-state index in [9.17, 15) is 4.79 Å². The average molecular weight is 398 g/mol. The summed E-state index contributed by atoms with van der Waals surface area (Å²) in [6.45, 7) is 5.53. The number of rotatable bonds is 5. The van der Waals surface area contributed by atoms with Gasteiger partial charge in [0.25, 0.3) is 5.91 Å².